The summed E-state index contributed by atoms with van der Waals surface area (Å²) >= 11 is 0. The van der Waals surface area contributed by atoms with Gasteiger partial charge in [0.15, 0.2) is 0 Å². The lowest BCUT2D eigenvalue weighted by Crippen LogP contribution is -2.50. The Balaban J connectivity index is 2.05. The summed E-state index contributed by atoms with van der Waals surface area (Å²) in [6, 6.07) is 2.62. The van der Waals surface area contributed by atoms with Gasteiger partial charge in [-0.25, -0.2) is 4.79 Å². The third-order valence-corrected chi connectivity index (χ3v) is 3.58. The first-order valence-corrected chi connectivity index (χ1v) is 7.78. The van der Waals surface area contributed by atoms with Crippen molar-refractivity contribution >= 4 is 17.5 Å². The number of hydrogen-bond donors (Lipinski definition) is 0. The summed E-state index contributed by atoms with van der Waals surface area (Å²) in [5, 5.41) is 38.1. The van der Waals surface area contributed by atoms with E-state index in [-0.39, 0.29) is 37.8 Å². The van der Waals surface area contributed by atoms with Crippen LogP contribution in [-0.2, 0) is 4.74 Å². The van der Waals surface area contributed by atoms with E-state index >= 15 is 0 Å². The van der Waals surface area contributed by atoms with Crippen molar-refractivity contribution < 1.29 is 29.2 Å². The molecule has 14 heteroatoms. The maximum Gasteiger partial charge on any atom is 0.409 e. The maximum atomic E-state index is 12.0. The number of piperazine rings is 1. The summed E-state index contributed by atoms with van der Waals surface area (Å²) in [5.41, 5.74) is -1.03. The minimum absolute atomic E-state index is 0.0745. The smallest absolute Gasteiger partial charge is 0.409 e. The fourth-order valence-electron chi connectivity index (χ4n) is 2.24. The Morgan fingerprint density at radius 1 is 1.15 bits per heavy atom. The fraction of sp³-hybridized carbons (Fsp3) is 0.462. The number of benzene rings is 1. The average Bonchev–Trinajstić information content (AvgIpc) is 2.66. The Bertz CT molecular complexity index is 761. The SMILES string of the molecule is CCOC(=O)N1CCN(/[N+]([O-])=N\Oc2cc([N+](=O)[O-])ccc2[N+](=O)[O-])CC1. The van der Waals surface area contributed by atoms with Gasteiger partial charge >= 0.3 is 11.8 Å². The highest BCUT2D eigenvalue weighted by Gasteiger charge is 2.27. The fourth-order valence-corrected chi connectivity index (χ4v) is 2.24. The number of hydrogen-bond acceptors (Lipinski definition) is 9. The standard InChI is InChI=1S/C13H16N6O8/c1-2-26-13(20)15-5-7-16(8-6-15)19(25)14-27-12-9-10(17(21)22)3-4-11(12)18(23)24/h3-4,9H,2,5-8H2,1H3/b19-14+. The van der Waals surface area contributed by atoms with Crippen molar-refractivity contribution in [2.45, 2.75) is 6.92 Å². The van der Waals surface area contributed by atoms with E-state index in [1.165, 1.54) is 9.91 Å². The van der Waals surface area contributed by atoms with Gasteiger partial charge in [-0.2, -0.15) is 0 Å². The number of rotatable bonds is 6. The van der Waals surface area contributed by atoms with Crippen molar-refractivity contribution in [2.24, 2.45) is 5.28 Å². The van der Waals surface area contributed by atoms with Crippen LogP contribution in [0.3, 0.4) is 0 Å². The Morgan fingerprint density at radius 2 is 1.81 bits per heavy atom. The van der Waals surface area contributed by atoms with Gasteiger partial charge in [0.1, 0.15) is 0 Å². The first-order chi connectivity index (χ1) is 12.8. The van der Waals surface area contributed by atoms with Crippen LogP contribution in [0.15, 0.2) is 23.5 Å². The number of amides is 1. The van der Waals surface area contributed by atoms with Gasteiger partial charge in [0, 0.05) is 25.2 Å². The van der Waals surface area contributed by atoms with Crippen molar-refractivity contribution in [1.82, 2.24) is 9.91 Å². The third kappa shape index (κ3) is 4.90. The summed E-state index contributed by atoms with van der Waals surface area (Å²) in [7, 11) is 0. The number of ether oxygens (including phenoxy) is 1. The molecule has 0 aromatic heterocycles. The highest BCUT2D eigenvalue weighted by atomic mass is 16.7. The van der Waals surface area contributed by atoms with E-state index in [4.69, 9.17) is 9.57 Å². The normalized spacial score (nSPS) is 14.6. The minimum Gasteiger partial charge on any atom is -0.569 e. The van der Waals surface area contributed by atoms with Crippen LogP contribution < -0.4 is 4.84 Å². The largest absolute Gasteiger partial charge is 0.569 e. The second-order valence-electron chi connectivity index (χ2n) is 5.23. The van der Waals surface area contributed by atoms with E-state index in [0.29, 0.717) is 0 Å². The van der Waals surface area contributed by atoms with Gasteiger partial charge in [0.2, 0.25) is 11.0 Å². The molecule has 0 atom stereocenters. The topological polar surface area (TPSA) is 167 Å². The Labute approximate surface area is 152 Å². The number of nitro benzene ring substituents is 2. The zero-order valence-electron chi connectivity index (χ0n) is 14.2. The van der Waals surface area contributed by atoms with Crippen molar-refractivity contribution in [1.29, 1.82) is 0 Å². The first kappa shape index (κ1) is 19.6. The van der Waals surface area contributed by atoms with Crippen LogP contribution in [0.25, 0.3) is 0 Å². The predicted molar refractivity (Wildman–Crippen MR) is 86.6 cm³/mol. The second-order valence-corrected chi connectivity index (χ2v) is 5.23. The lowest BCUT2D eigenvalue weighted by Gasteiger charge is -2.30. The lowest BCUT2D eigenvalue weighted by molar-refractivity contribution is -0.708. The highest BCUT2D eigenvalue weighted by molar-refractivity contribution is 5.67. The van der Waals surface area contributed by atoms with Gasteiger partial charge in [-0.3, -0.25) is 25.1 Å². The molecule has 27 heavy (non-hydrogen) atoms. The van der Waals surface area contributed by atoms with Crippen LogP contribution in [-0.4, -0.2) is 63.6 Å². The molecule has 146 valence electrons. The molecular weight excluding hydrogens is 368 g/mol. The molecule has 0 N–H and O–H groups in total. The van der Waals surface area contributed by atoms with E-state index in [1.54, 1.807) is 6.92 Å². The highest BCUT2D eigenvalue weighted by Crippen LogP contribution is 2.31. The number of nitrogens with zero attached hydrogens (tertiary/aromatic N) is 6. The van der Waals surface area contributed by atoms with Crippen molar-refractivity contribution in [3.8, 4) is 5.75 Å². The van der Waals surface area contributed by atoms with E-state index in [9.17, 15) is 30.2 Å². The van der Waals surface area contributed by atoms with E-state index in [2.05, 4.69) is 5.28 Å². The van der Waals surface area contributed by atoms with Gasteiger partial charge in [-0.1, -0.05) is 0 Å². The lowest BCUT2D eigenvalue weighted by atomic mass is 10.2. The van der Waals surface area contributed by atoms with Crippen LogP contribution in [0.2, 0.25) is 0 Å². The molecule has 1 amide bonds. The van der Waals surface area contributed by atoms with Crippen LogP contribution in [0, 0.1) is 25.4 Å². The summed E-state index contributed by atoms with van der Waals surface area (Å²) in [4.78, 5) is 38.0. The summed E-state index contributed by atoms with van der Waals surface area (Å²) in [6.45, 7) is 2.60. The minimum atomic E-state index is -0.818. The Kier molecular flexibility index (Phi) is 6.24. The van der Waals surface area contributed by atoms with E-state index in [1.807, 2.05) is 0 Å². The molecule has 1 aliphatic rings. The van der Waals surface area contributed by atoms with Crippen molar-refractivity contribution in [3.05, 3.63) is 43.6 Å². The molecule has 0 bridgehead atoms. The molecule has 1 heterocycles. The zero-order valence-corrected chi connectivity index (χ0v) is 14.2. The molecule has 0 spiro atoms. The van der Waals surface area contributed by atoms with Crippen LogP contribution in [0.1, 0.15) is 6.92 Å². The molecule has 0 aliphatic carbocycles. The molecule has 0 unspecified atom stereocenters. The number of carbonyl (C=O) groups excluding carboxylic acids is 1. The quantitative estimate of drug-likeness (QED) is 0.305. The summed E-state index contributed by atoms with van der Waals surface area (Å²) < 4.78 is 4.86. The predicted octanol–water partition coefficient (Wildman–Crippen LogP) is 1.45. The number of nitro groups is 2. The molecule has 1 aromatic carbocycles. The average molecular weight is 384 g/mol. The van der Waals surface area contributed by atoms with Crippen molar-refractivity contribution in [3.63, 3.8) is 0 Å². The molecule has 14 nitrogen and oxygen atoms in total. The van der Waals surface area contributed by atoms with Gasteiger partial charge in [0.25, 0.3) is 5.69 Å². The Morgan fingerprint density at radius 3 is 2.37 bits per heavy atom. The molecule has 1 fully saturated rings. The molecular formula is C13H16N6O8. The number of non-ortho nitro benzene ring substituents is 1. The molecule has 1 aliphatic heterocycles. The van der Waals surface area contributed by atoms with E-state index < -0.39 is 33.1 Å². The number of hydrazine groups is 1. The molecule has 0 radical (unpaired) electrons. The monoisotopic (exact) mass is 384 g/mol. The van der Waals surface area contributed by atoms with Crippen LogP contribution in [0.4, 0.5) is 16.2 Å². The van der Waals surface area contributed by atoms with Gasteiger partial charge in [0.05, 0.1) is 40.6 Å². The third-order valence-electron chi connectivity index (χ3n) is 3.58. The Hall–Kier alpha value is -3.71. The second kappa shape index (κ2) is 8.59. The molecule has 2 rings (SSSR count). The number of carbonyl (C=O) groups is 1. The van der Waals surface area contributed by atoms with Gasteiger partial charge < -0.3 is 14.8 Å². The zero-order chi connectivity index (χ0) is 20.0. The summed E-state index contributed by atoms with van der Waals surface area (Å²) in [6.07, 6.45) is -0.491. The maximum absolute atomic E-state index is 12.0. The van der Waals surface area contributed by atoms with E-state index in [0.717, 1.165) is 18.2 Å². The molecule has 0 saturated carbocycles. The summed E-state index contributed by atoms with van der Waals surface area (Å²) in [5.74, 6) is -0.541. The van der Waals surface area contributed by atoms with Gasteiger partial charge in [-0.15, -0.1) is 5.01 Å². The molecule has 1 saturated heterocycles. The molecule has 1 aromatic rings. The van der Waals surface area contributed by atoms with Crippen LogP contribution in [0.5, 0.6) is 5.75 Å². The van der Waals surface area contributed by atoms with Crippen molar-refractivity contribution in [2.75, 3.05) is 32.8 Å². The van der Waals surface area contributed by atoms with Gasteiger partial charge in [-0.05, 0) is 6.92 Å². The first-order valence-electron chi connectivity index (χ1n) is 7.78. The van der Waals surface area contributed by atoms with Crippen LogP contribution >= 0.6 is 0 Å².